The summed E-state index contributed by atoms with van der Waals surface area (Å²) < 4.78 is 16.3. The second kappa shape index (κ2) is 12.9. The minimum Gasteiger partial charge on any atom is -0.491 e. The average Bonchev–Trinajstić information content (AvgIpc) is 3.27. The van der Waals surface area contributed by atoms with Crippen LogP contribution in [-0.2, 0) is 20.7 Å². The number of ether oxygens (including phenoxy) is 3. The molecule has 3 rings (SSSR count). The first-order valence-electron chi connectivity index (χ1n) is 11.0. The molecular weight excluding hydrogens is 428 g/mol. The Morgan fingerprint density at radius 1 is 1.25 bits per heavy atom. The van der Waals surface area contributed by atoms with Crippen molar-refractivity contribution >= 4 is 17.2 Å². The van der Waals surface area contributed by atoms with Crippen LogP contribution in [0.3, 0.4) is 0 Å². The Labute approximate surface area is 194 Å². The molecule has 1 aromatic carbocycles. The molecule has 0 aliphatic carbocycles. The number of methoxy groups -OCH3 is 2. The highest BCUT2D eigenvalue weighted by Crippen LogP contribution is 2.34. The molecule has 0 saturated carbocycles. The van der Waals surface area contributed by atoms with Gasteiger partial charge in [-0.3, -0.25) is 9.69 Å². The van der Waals surface area contributed by atoms with E-state index in [0.29, 0.717) is 32.8 Å². The molecule has 1 aliphatic rings. The third kappa shape index (κ3) is 7.02. The lowest BCUT2D eigenvalue weighted by atomic mass is 10.0. The molecule has 0 spiro atoms. The molecule has 2 aromatic rings. The Kier molecular flexibility index (Phi) is 9.95. The zero-order valence-electron chi connectivity index (χ0n) is 18.9. The number of carbonyl (C=O) groups is 1. The smallest absolute Gasteiger partial charge is 0.237 e. The molecule has 0 radical (unpaired) electrons. The van der Waals surface area contributed by atoms with Crippen molar-refractivity contribution in [2.45, 2.75) is 25.0 Å². The first-order valence-corrected chi connectivity index (χ1v) is 11.9. The second-order valence-corrected chi connectivity index (χ2v) is 8.97. The fourth-order valence-electron chi connectivity index (χ4n) is 4.06. The number of rotatable bonds is 13. The van der Waals surface area contributed by atoms with Crippen molar-refractivity contribution in [3.8, 4) is 5.75 Å². The summed E-state index contributed by atoms with van der Waals surface area (Å²) in [6.45, 7) is 3.23. The van der Waals surface area contributed by atoms with Gasteiger partial charge in [0.2, 0.25) is 5.91 Å². The topological polar surface area (TPSA) is 71.5 Å². The highest BCUT2D eigenvalue weighted by molar-refractivity contribution is 7.10. The third-order valence-electron chi connectivity index (χ3n) is 5.58. The van der Waals surface area contributed by atoms with E-state index < -0.39 is 6.10 Å². The van der Waals surface area contributed by atoms with Gasteiger partial charge in [-0.1, -0.05) is 18.2 Å². The molecule has 32 heavy (non-hydrogen) atoms. The Balaban J connectivity index is 1.69. The number of fused-ring (bicyclic) bond motifs is 1. The fraction of sp³-hybridized carbons (Fsp3) is 0.542. The monoisotopic (exact) mass is 462 g/mol. The van der Waals surface area contributed by atoms with E-state index in [2.05, 4.69) is 11.4 Å². The summed E-state index contributed by atoms with van der Waals surface area (Å²) in [5.74, 6) is 0.844. The normalized spacial score (nSPS) is 16.8. The number of thiophene rings is 1. The lowest BCUT2D eigenvalue weighted by Gasteiger charge is -2.37. The summed E-state index contributed by atoms with van der Waals surface area (Å²) in [7, 11) is 3.23. The van der Waals surface area contributed by atoms with Crippen LogP contribution >= 0.6 is 11.3 Å². The van der Waals surface area contributed by atoms with Crippen molar-refractivity contribution in [3.05, 3.63) is 52.2 Å². The van der Waals surface area contributed by atoms with E-state index in [1.807, 2.05) is 40.1 Å². The molecule has 7 nitrogen and oxygen atoms in total. The summed E-state index contributed by atoms with van der Waals surface area (Å²) in [5, 5.41) is 12.3. The molecule has 1 amide bonds. The van der Waals surface area contributed by atoms with Gasteiger partial charge in [-0.25, -0.2) is 0 Å². The minimum absolute atomic E-state index is 0.0468. The molecule has 1 N–H and O–H groups in total. The van der Waals surface area contributed by atoms with Crippen molar-refractivity contribution in [1.82, 2.24) is 9.80 Å². The second-order valence-electron chi connectivity index (χ2n) is 7.97. The van der Waals surface area contributed by atoms with Crippen LogP contribution in [0.25, 0.3) is 0 Å². The molecule has 1 aliphatic heterocycles. The van der Waals surface area contributed by atoms with Gasteiger partial charge < -0.3 is 24.2 Å². The number of carbonyl (C=O) groups excluding carboxylic acids is 1. The largest absolute Gasteiger partial charge is 0.491 e. The number of hydrogen-bond donors (Lipinski definition) is 1. The lowest BCUT2D eigenvalue weighted by molar-refractivity contribution is -0.136. The van der Waals surface area contributed by atoms with Crippen LogP contribution in [-0.4, -0.2) is 87.1 Å². The van der Waals surface area contributed by atoms with Gasteiger partial charge in [0.25, 0.3) is 0 Å². The zero-order chi connectivity index (χ0) is 22.8. The number of nitrogens with zero attached hydrogens (tertiary/aromatic N) is 2. The van der Waals surface area contributed by atoms with Gasteiger partial charge in [0.1, 0.15) is 12.4 Å². The van der Waals surface area contributed by atoms with E-state index >= 15 is 0 Å². The van der Waals surface area contributed by atoms with Gasteiger partial charge in [-0.2, -0.15) is 0 Å². The summed E-state index contributed by atoms with van der Waals surface area (Å²) in [6, 6.07) is 11.7. The maximum Gasteiger partial charge on any atom is 0.237 e. The van der Waals surface area contributed by atoms with Gasteiger partial charge in [0.05, 0.1) is 25.3 Å². The van der Waals surface area contributed by atoms with Crippen LogP contribution in [0.2, 0.25) is 0 Å². The first kappa shape index (κ1) is 24.7. The highest BCUT2D eigenvalue weighted by atomic mass is 32.1. The predicted molar refractivity (Wildman–Crippen MR) is 125 cm³/mol. The quantitative estimate of drug-likeness (QED) is 0.462. The molecule has 0 fully saturated rings. The molecule has 0 saturated heterocycles. The van der Waals surface area contributed by atoms with Crippen molar-refractivity contribution in [2.75, 3.05) is 60.2 Å². The number of amides is 1. The minimum atomic E-state index is -0.641. The number of benzene rings is 1. The van der Waals surface area contributed by atoms with E-state index in [0.717, 1.165) is 18.6 Å². The Hall–Kier alpha value is -1.97. The maximum absolute atomic E-state index is 13.4. The third-order valence-corrected chi connectivity index (χ3v) is 6.57. The zero-order valence-corrected chi connectivity index (χ0v) is 19.8. The van der Waals surface area contributed by atoms with Crippen molar-refractivity contribution in [1.29, 1.82) is 0 Å². The molecule has 176 valence electrons. The Morgan fingerprint density at radius 3 is 2.81 bits per heavy atom. The Bertz CT molecular complexity index is 816. The van der Waals surface area contributed by atoms with Crippen LogP contribution in [0.4, 0.5) is 0 Å². The van der Waals surface area contributed by atoms with Crippen molar-refractivity contribution in [2.24, 2.45) is 0 Å². The molecule has 1 aromatic heterocycles. The summed E-state index contributed by atoms with van der Waals surface area (Å²) >= 11 is 1.74. The summed E-state index contributed by atoms with van der Waals surface area (Å²) in [4.78, 5) is 18.7. The molecule has 2 heterocycles. The first-order chi connectivity index (χ1) is 15.6. The van der Waals surface area contributed by atoms with E-state index in [1.54, 1.807) is 25.6 Å². The van der Waals surface area contributed by atoms with Crippen LogP contribution < -0.4 is 4.74 Å². The number of para-hydroxylation sites is 1. The van der Waals surface area contributed by atoms with Crippen molar-refractivity contribution < 1.29 is 24.1 Å². The molecule has 2 unspecified atom stereocenters. The van der Waals surface area contributed by atoms with Crippen LogP contribution in [0.15, 0.2) is 41.8 Å². The fourth-order valence-corrected chi connectivity index (χ4v) is 4.99. The average molecular weight is 463 g/mol. The standard InChI is InChI=1S/C24H34N2O5S/c1-29-13-6-11-25(15-19(27)17-30-2)16-24(28)26-12-9-23-21(10-14-32-23)22(26)18-31-20-7-4-3-5-8-20/h3-5,7-8,10,14,19,22,27H,6,9,11-13,15-18H2,1-2H3. The lowest BCUT2D eigenvalue weighted by Crippen LogP contribution is -2.48. The molecule has 8 heteroatoms. The summed E-state index contributed by atoms with van der Waals surface area (Å²) in [6.07, 6.45) is 1.01. The van der Waals surface area contributed by atoms with Crippen LogP contribution in [0.5, 0.6) is 5.75 Å². The predicted octanol–water partition coefficient (Wildman–Crippen LogP) is 2.60. The van der Waals surface area contributed by atoms with Gasteiger partial charge >= 0.3 is 0 Å². The van der Waals surface area contributed by atoms with Gasteiger partial charge in [-0.05, 0) is 42.0 Å². The summed E-state index contributed by atoms with van der Waals surface area (Å²) in [5.41, 5.74) is 1.18. The van der Waals surface area contributed by atoms with Gasteiger partial charge in [-0.15, -0.1) is 11.3 Å². The Morgan fingerprint density at radius 2 is 2.06 bits per heavy atom. The van der Waals surface area contributed by atoms with E-state index in [9.17, 15) is 9.90 Å². The number of aliphatic hydroxyl groups excluding tert-OH is 1. The highest BCUT2D eigenvalue weighted by Gasteiger charge is 2.33. The van der Waals surface area contributed by atoms with Gasteiger partial charge in [0, 0.05) is 45.3 Å². The van der Waals surface area contributed by atoms with Crippen LogP contribution in [0.1, 0.15) is 22.9 Å². The maximum atomic E-state index is 13.4. The van der Waals surface area contributed by atoms with Crippen LogP contribution in [0, 0.1) is 0 Å². The van der Waals surface area contributed by atoms with Crippen molar-refractivity contribution in [3.63, 3.8) is 0 Å². The van der Waals surface area contributed by atoms with E-state index in [1.165, 1.54) is 10.4 Å². The molecule has 0 bridgehead atoms. The van der Waals surface area contributed by atoms with Gasteiger partial charge in [0.15, 0.2) is 0 Å². The van der Waals surface area contributed by atoms with E-state index in [4.69, 9.17) is 14.2 Å². The number of aliphatic hydroxyl groups is 1. The SMILES string of the molecule is COCCCN(CC(=O)N1CCc2sccc2C1COc1ccccc1)CC(O)COC. The molecular formula is C24H34N2O5S. The number of hydrogen-bond acceptors (Lipinski definition) is 7. The van der Waals surface area contributed by atoms with E-state index in [-0.39, 0.29) is 25.1 Å². The molecule has 2 atom stereocenters.